The van der Waals surface area contributed by atoms with Gasteiger partial charge in [-0.3, -0.25) is 0 Å². The normalized spacial score (nSPS) is 17.4. The summed E-state index contributed by atoms with van der Waals surface area (Å²) in [5.41, 5.74) is 0.602. The second-order valence-corrected chi connectivity index (χ2v) is 5.89. The van der Waals surface area contributed by atoms with Gasteiger partial charge in [0.1, 0.15) is 0 Å². The van der Waals surface area contributed by atoms with Crippen LogP contribution >= 0.6 is 0 Å². The van der Waals surface area contributed by atoms with E-state index >= 15 is 0 Å². The Kier molecular flexibility index (Phi) is 8.14. The van der Waals surface area contributed by atoms with E-state index in [4.69, 9.17) is 0 Å². The molecule has 16 heavy (non-hydrogen) atoms. The lowest BCUT2D eigenvalue weighted by molar-refractivity contribution is 0.0710. The maximum absolute atomic E-state index is 2.49. The summed E-state index contributed by atoms with van der Waals surface area (Å²) in [4.78, 5) is 0. The first kappa shape index (κ1) is 16.0. The van der Waals surface area contributed by atoms with E-state index in [9.17, 15) is 0 Å². The highest BCUT2D eigenvalue weighted by molar-refractivity contribution is 4.86. The quantitative estimate of drug-likeness (QED) is 0.448. The summed E-state index contributed by atoms with van der Waals surface area (Å²) in [6.45, 7) is 14.4. The molecule has 0 aliphatic rings. The fourth-order valence-corrected chi connectivity index (χ4v) is 3.34. The first-order chi connectivity index (χ1) is 7.55. The molecule has 0 spiro atoms. The van der Waals surface area contributed by atoms with Crippen LogP contribution in [0.15, 0.2) is 0 Å². The molecule has 98 valence electrons. The van der Waals surface area contributed by atoms with Gasteiger partial charge in [0, 0.05) is 0 Å². The van der Waals surface area contributed by atoms with Crippen LogP contribution in [0.3, 0.4) is 0 Å². The number of unbranched alkanes of at least 4 members (excludes halogenated alkanes) is 2. The van der Waals surface area contributed by atoms with Gasteiger partial charge < -0.3 is 0 Å². The van der Waals surface area contributed by atoms with E-state index in [1.807, 2.05) is 0 Å². The smallest absolute Gasteiger partial charge is 0.0251 e. The van der Waals surface area contributed by atoms with Crippen molar-refractivity contribution in [2.45, 2.75) is 86.5 Å². The van der Waals surface area contributed by atoms with Crippen LogP contribution in [-0.2, 0) is 0 Å². The molecule has 0 aromatic rings. The van der Waals surface area contributed by atoms with Crippen LogP contribution in [0.5, 0.6) is 0 Å². The van der Waals surface area contributed by atoms with Gasteiger partial charge in [0.05, 0.1) is 0 Å². The first-order valence-electron chi connectivity index (χ1n) is 7.55. The summed E-state index contributed by atoms with van der Waals surface area (Å²) >= 11 is 0. The highest BCUT2D eigenvalue weighted by Gasteiger charge is 2.36. The summed E-state index contributed by atoms with van der Waals surface area (Å²) in [6, 6.07) is 0. The van der Waals surface area contributed by atoms with Crippen LogP contribution in [-0.4, -0.2) is 0 Å². The summed E-state index contributed by atoms with van der Waals surface area (Å²) in [7, 11) is 0. The topological polar surface area (TPSA) is 0 Å². The van der Waals surface area contributed by atoms with Crippen molar-refractivity contribution in [1.82, 2.24) is 0 Å². The molecule has 0 aromatic carbocycles. The third-order valence-electron chi connectivity index (χ3n) is 4.78. The van der Waals surface area contributed by atoms with E-state index in [-0.39, 0.29) is 0 Å². The molecule has 0 saturated heterocycles. The molecule has 0 rings (SSSR count). The van der Waals surface area contributed by atoms with Crippen molar-refractivity contribution in [2.24, 2.45) is 17.3 Å². The van der Waals surface area contributed by atoms with Crippen molar-refractivity contribution in [2.75, 3.05) is 0 Å². The Balaban J connectivity index is 4.59. The molecule has 2 atom stereocenters. The average molecular weight is 226 g/mol. The van der Waals surface area contributed by atoms with Crippen LogP contribution < -0.4 is 0 Å². The van der Waals surface area contributed by atoms with Crippen molar-refractivity contribution < 1.29 is 0 Å². The monoisotopic (exact) mass is 226 g/mol. The molecule has 0 N–H and O–H groups in total. The molecule has 2 unspecified atom stereocenters. The molecule has 0 fully saturated rings. The molecular formula is C16H34. The fraction of sp³-hybridized carbons (Fsp3) is 1.00. The molecule has 0 heterocycles. The second kappa shape index (κ2) is 8.14. The third kappa shape index (κ3) is 4.11. The lowest BCUT2D eigenvalue weighted by Gasteiger charge is -2.43. The van der Waals surface area contributed by atoms with E-state index in [1.54, 1.807) is 0 Å². The molecular weight excluding hydrogens is 192 g/mol. The van der Waals surface area contributed by atoms with Crippen molar-refractivity contribution in [3.8, 4) is 0 Å². The third-order valence-corrected chi connectivity index (χ3v) is 4.78. The van der Waals surface area contributed by atoms with Gasteiger partial charge >= 0.3 is 0 Å². The standard InChI is InChI=1S/C16H34/c1-7-10-12-15(6)16(9-3,14(4)5)13-11-8-2/h14-15H,7-13H2,1-6H3. The largest absolute Gasteiger partial charge is 0.0654 e. The molecule has 0 heteroatoms. The number of rotatable bonds is 9. The van der Waals surface area contributed by atoms with Gasteiger partial charge in [-0.05, 0) is 30.1 Å². The number of hydrogen-bond donors (Lipinski definition) is 0. The minimum Gasteiger partial charge on any atom is -0.0654 e. The number of hydrogen-bond acceptors (Lipinski definition) is 0. The Morgan fingerprint density at radius 3 is 1.81 bits per heavy atom. The Hall–Kier alpha value is 0. The lowest BCUT2D eigenvalue weighted by atomic mass is 9.62. The van der Waals surface area contributed by atoms with Crippen LogP contribution in [0.4, 0.5) is 0 Å². The van der Waals surface area contributed by atoms with Crippen molar-refractivity contribution >= 4 is 0 Å². The molecule has 0 saturated carbocycles. The van der Waals surface area contributed by atoms with Gasteiger partial charge in [-0.1, -0.05) is 73.6 Å². The highest BCUT2D eigenvalue weighted by Crippen LogP contribution is 2.45. The SMILES string of the molecule is CCCCC(C)C(CC)(CCCC)C(C)C. The molecule has 0 radical (unpaired) electrons. The van der Waals surface area contributed by atoms with Crippen molar-refractivity contribution in [3.05, 3.63) is 0 Å². The van der Waals surface area contributed by atoms with Gasteiger partial charge in [-0.15, -0.1) is 0 Å². The Bertz CT molecular complexity index is 159. The summed E-state index contributed by atoms with van der Waals surface area (Å²) < 4.78 is 0. The summed E-state index contributed by atoms with van der Waals surface area (Å²) in [6.07, 6.45) is 9.71. The summed E-state index contributed by atoms with van der Waals surface area (Å²) in [5, 5.41) is 0. The van der Waals surface area contributed by atoms with Crippen LogP contribution in [0, 0.1) is 17.3 Å². The zero-order valence-corrected chi connectivity index (χ0v) is 12.6. The average Bonchev–Trinajstić information content (AvgIpc) is 2.27. The molecule has 0 aromatic heterocycles. The van der Waals surface area contributed by atoms with Crippen molar-refractivity contribution in [1.29, 1.82) is 0 Å². The minimum absolute atomic E-state index is 0.602. The molecule has 0 nitrogen and oxygen atoms in total. The van der Waals surface area contributed by atoms with Gasteiger partial charge in [-0.2, -0.15) is 0 Å². The zero-order chi connectivity index (χ0) is 12.6. The molecule has 0 amide bonds. The van der Waals surface area contributed by atoms with E-state index in [1.165, 1.54) is 44.9 Å². The Morgan fingerprint density at radius 1 is 0.875 bits per heavy atom. The summed E-state index contributed by atoms with van der Waals surface area (Å²) in [5.74, 6) is 1.72. The Morgan fingerprint density at radius 2 is 1.44 bits per heavy atom. The first-order valence-corrected chi connectivity index (χ1v) is 7.55. The maximum Gasteiger partial charge on any atom is -0.0251 e. The fourth-order valence-electron chi connectivity index (χ4n) is 3.34. The van der Waals surface area contributed by atoms with Gasteiger partial charge in [0.15, 0.2) is 0 Å². The van der Waals surface area contributed by atoms with E-state index in [0.29, 0.717) is 5.41 Å². The van der Waals surface area contributed by atoms with Crippen LogP contribution in [0.25, 0.3) is 0 Å². The lowest BCUT2D eigenvalue weighted by Crippen LogP contribution is -2.34. The van der Waals surface area contributed by atoms with Gasteiger partial charge in [0.25, 0.3) is 0 Å². The minimum atomic E-state index is 0.602. The molecule has 0 aliphatic heterocycles. The van der Waals surface area contributed by atoms with Gasteiger partial charge in [0.2, 0.25) is 0 Å². The van der Waals surface area contributed by atoms with Crippen LogP contribution in [0.2, 0.25) is 0 Å². The second-order valence-electron chi connectivity index (χ2n) is 5.89. The van der Waals surface area contributed by atoms with Crippen LogP contribution in [0.1, 0.15) is 86.5 Å². The molecule has 0 bridgehead atoms. The van der Waals surface area contributed by atoms with Crippen molar-refractivity contribution in [3.63, 3.8) is 0 Å². The predicted molar refractivity (Wildman–Crippen MR) is 75.8 cm³/mol. The Labute approximate surface area is 104 Å². The molecule has 0 aliphatic carbocycles. The highest BCUT2D eigenvalue weighted by atomic mass is 14.4. The van der Waals surface area contributed by atoms with E-state index < -0.39 is 0 Å². The predicted octanol–water partition coefficient (Wildman–Crippen LogP) is 6.06. The maximum atomic E-state index is 2.49. The zero-order valence-electron chi connectivity index (χ0n) is 12.6. The van der Waals surface area contributed by atoms with E-state index in [2.05, 4.69) is 41.5 Å². The van der Waals surface area contributed by atoms with E-state index in [0.717, 1.165) is 11.8 Å². The van der Waals surface area contributed by atoms with Gasteiger partial charge in [-0.25, -0.2) is 0 Å².